The van der Waals surface area contributed by atoms with E-state index in [0.717, 1.165) is 6.07 Å². The summed E-state index contributed by atoms with van der Waals surface area (Å²) in [6.07, 6.45) is -3.25. The van der Waals surface area contributed by atoms with Gasteiger partial charge < -0.3 is 9.67 Å². The molecule has 4 nitrogen and oxygen atoms in total. The van der Waals surface area contributed by atoms with Gasteiger partial charge in [-0.15, -0.1) is 0 Å². The quantitative estimate of drug-likeness (QED) is 0.866. The number of fused-ring (bicyclic) bond motifs is 1. The summed E-state index contributed by atoms with van der Waals surface area (Å²) < 4.78 is 39.4. The lowest BCUT2D eigenvalue weighted by Gasteiger charge is -2.17. The molecule has 104 valence electrons. The third kappa shape index (κ3) is 2.98. The van der Waals surface area contributed by atoms with E-state index in [4.69, 9.17) is 11.6 Å². The molecule has 0 spiro atoms. The minimum atomic E-state index is -4.57. The number of nitrogens with zero attached hydrogens (tertiary/aromatic N) is 3. The molecule has 0 fully saturated rings. The molecule has 0 saturated carbocycles. The third-order valence-corrected chi connectivity index (χ3v) is 2.70. The summed E-state index contributed by atoms with van der Waals surface area (Å²) in [5, 5.41) is 9.09. The Morgan fingerprint density at radius 1 is 1.37 bits per heavy atom. The van der Waals surface area contributed by atoms with Gasteiger partial charge in [0.25, 0.3) is 0 Å². The topological polar surface area (TPSA) is 50.9 Å². The highest BCUT2D eigenvalue weighted by Gasteiger charge is 2.35. The van der Waals surface area contributed by atoms with E-state index in [1.165, 1.54) is 10.9 Å². The molecule has 19 heavy (non-hydrogen) atoms. The number of aliphatic hydroxyl groups is 1. The summed E-state index contributed by atoms with van der Waals surface area (Å²) in [7, 11) is 0. The summed E-state index contributed by atoms with van der Waals surface area (Å²) in [5.74, 6) is 0. The van der Waals surface area contributed by atoms with Crippen molar-refractivity contribution in [2.24, 2.45) is 0 Å². The van der Waals surface area contributed by atoms with E-state index in [-0.39, 0.29) is 17.7 Å². The van der Waals surface area contributed by atoms with Gasteiger partial charge in [-0.2, -0.15) is 13.2 Å². The van der Waals surface area contributed by atoms with Crippen LogP contribution in [0.3, 0.4) is 0 Å². The van der Waals surface area contributed by atoms with E-state index in [9.17, 15) is 18.3 Å². The van der Waals surface area contributed by atoms with Gasteiger partial charge >= 0.3 is 6.18 Å². The molecule has 2 aromatic rings. The number of hydrogen-bond acceptors (Lipinski definition) is 3. The van der Waals surface area contributed by atoms with Crippen molar-refractivity contribution in [2.75, 3.05) is 0 Å². The van der Waals surface area contributed by atoms with Crippen LogP contribution in [0.5, 0.6) is 0 Å². The highest BCUT2D eigenvalue weighted by molar-refractivity contribution is 6.30. The van der Waals surface area contributed by atoms with Gasteiger partial charge in [-0.1, -0.05) is 11.6 Å². The first-order valence-electron chi connectivity index (χ1n) is 5.39. The summed E-state index contributed by atoms with van der Waals surface area (Å²) in [6.45, 7) is 3.30. The first-order chi connectivity index (χ1) is 8.58. The van der Waals surface area contributed by atoms with Crippen LogP contribution in [0.1, 0.15) is 19.4 Å². The molecule has 2 heterocycles. The van der Waals surface area contributed by atoms with Gasteiger partial charge in [0.15, 0.2) is 5.65 Å². The van der Waals surface area contributed by atoms with Crippen LogP contribution in [-0.2, 0) is 12.7 Å². The van der Waals surface area contributed by atoms with Crippen LogP contribution >= 0.6 is 11.6 Å². The largest absolute Gasteiger partial charge is 0.419 e. The summed E-state index contributed by atoms with van der Waals surface area (Å²) in [6, 6.07) is 0.853. The van der Waals surface area contributed by atoms with E-state index in [1.807, 2.05) is 0 Å². The Balaban J connectivity index is 2.55. The summed E-state index contributed by atoms with van der Waals surface area (Å²) in [5.41, 5.74) is -1.76. The minimum absolute atomic E-state index is 0.0842. The fraction of sp³-hybridized carbons (Fsp3) is 0.455. The molecule has 8 heteroatoms. The molecule has 0 radical (unpaired) electrons. The SMILES string of the molecule is CC(C)(O)Cn1cnc2cc(C(F)(F)F)c(Cl)nc21. The van der Waals surface area contributed by atoms with Gasteiger partial charge in [-0.25, -0.2) is 9.97 Å². The number of halogens is 4. The normalized spacial score (nSPS) is 13.2. The number of pyridine rings is 1. The van der Waals surface area contributed by atoms with Gasteiger partial charge in [-0.3, -0.25) is 0 Å². The van der Waals surface area contributed by atoms with Gasteiger partial charge in [-0.05, 0) is 19.9 Å². The molecule has 0 amide bonds. The van der Waals surface area contributed by atoms with Crippen molar-refractivity contribution in [2.45, 2.75) is 32.2 Å². The van der Waals surface area contributed by atoms with Crippen molar-refractivity contribution in [1.29, 1.82) is 0 Å². The van der Waals surface area contributed by atoms with Crippen molar-refractivity contribution >= 4 is 22.8 Å². The van der Waals surface area contributed by atoms with Crippen LogP contribution in [0.15, 0.2) is 12.4 Å². The fourth-order valence-corrected chi connectivity index (χ4v) is 1.94. The van der Waals surface area contributed by atoms with Crippen LogP contribution in [0.25, 0.3) is 11.2 Å². The standard InChI is InChI=1S/C11H11ClF3N3O/c1-10(2,19)4-18-5-16-7-3-6(11(13,14)15)8(12)17-9(7)18/h3,5,19H,4H2,1-2H3. The van der Waals surface area contributed by atoms with Crippen molar-refractivity contribution in [3.8, 4) is 0 Å². The number of rotatable bonds is 2. The van der Waals surface area contributed by atoms with Crippen LogP contribution in [0.4, 0.5) is 13.2 Å². The Kier molecular flexibility index (Phi) is 3.22. The number of alkyl halides is 3. The maximum atomic E-state index is 12.7. The van der Waals surface area contributed by atoms with Crippen molar-refractivity contribution < 1.29 is 18.3 Å². The molecule has 1 N–H and O–H groups in total. The average Bonchev–Trinajstić information content (AvgIpc) is 2.56. The van der Waals surface area contributed by atoms with Crippen LogP contribution in [-0.4, -0.2) is 25.2 Å². The first-order valence-corrected chi connectivity index (χ1v) is 5.77. The van der Waals surface area contributed by atoms with Crippen LogP contribution < -0.4 is 0 Å². The smallest absolute Gasteiger partial charge is 0.389 e. The van der Waals surface area contributed by atoms with E-state index in [1.54, 1.807) is 13.8 Å². The number of imidazole rings is 1. The van der Waals surface area contributed by atoms with Crippen molar-refractivity contribution in [3.63, 3.8) is 0 Å². The molecule has 0 aliphatic carbocycles. The van der Waals surface area contributed by atoms with E-state index < -0.39 is 22.5 Å². The highest BCUT2D eigenvalue weighted by atomic mass is 35.5. The Morgan fingerprint density at radius 3 is 2.53 bits per heavy atom. The lowest BCUT2D eigenvalue weighted by atomic mass is 10.1. The third-order valence-electron chi connectivity index (χ3n) is 2.41. The van der Waals surface area contributed by atoms with E-state index in [0.29, 0.717) is 0 Å². The van der Waals surface area contributed by atoms with Crippen molar-refractivity contribution in [1.82, 2.24) is 14.5 Å². The van der Waals surface area contributed by atoms with Gasteiger partial charge in [0, 0.05) is 0 Å². The molecule has 2 rings (SSSR count). The van der Waals surface area contributed by atoms with E-state index in [2.05, 4.69) is 9.97 Å². The molecule has 0 atom stereocenters. The zero-order chi connectivity index (χ0) is 14.4. The zero-order valence-corrected chi connectivity index (χ0v) is 10.9. The monoisotopic (exact) mass is 293 g/mol. The Labute approximate surface area is 111 Å². The molecular formula is C11H11ClF3N3O. The zero-order valence-electron chi connectivity index (χ0n) is 10.2. The molecule has 0 aliphatic rings. The van der Waals surface area contributed by atoms with Gasteiger partial charge in [0.2, 0.25) is 0 Å². The first kappa shape index (κ1) is 14.1. The van der Waals surface area contributed by atoms with Crippen LogP contribution in [0, 0.1) is 0 Å². The van der Waals surface area contributed by atoms with Gasteiger partial charge in [0.1, 0.15) is 10.7 Å². The number of hydrogen-bond donors (Lipinski definition) is 1. The molecule has 0 saturated heterocycles. The van der Waals surface area contributed by atoms with E-state index >= 15 is 0 Å². The predicted molar refractivity (Wildman–Crippen MR) is 63.8 cm³/mol. The minimum Gasteiger partial charge on any atom is -0.389 e. The fourth-order valence-electron chi connectivity index (χ4n) is 1.70. The second-order valence-electron chi connectivity index (χ2n) is 4.85. The molecule has 0 bridgehead atoms. The predicted octanol–water partition coefficient (Wildman–Crippen LogP) is 2.87. The Bertz CT molecular complexity index is 616. The highest BCUT2D eigenvalue weighted by Crippen LogP contribution is 2.35. The molecular weight excluding hydrogens is 283 g/mol. The average molecular weight is 294 g/mol. The second-order valence-corrected chi connectivity index (χ2v) is 5.21. The molecule has 0 aliphatic heterocycles. The Morgan fingerprint density at radius 2 is 2.00 bits per heavy atom. The van der Waals surface area contributed by atoms with Crippen molar-refractivity contribution in [3.05, 3.63) is 23.1 Å². The maximum Gasteiger partial charge on any atom is 0.419 e. The maximum absolute atomic E-state index is 12.7. The summed E-state index contributed by atoms with van der Waals surface area (Å²) >= 11 is 5.55. The Hall–Kier alpha value is -1.34. The van der Waals surface area contributed by atoms with Crippen LogP contribution in [0.2, 0.25) is 5.15 Å². The lowest BCUT2D eigenvalue weighted by Crippen LogP contribution is -2.25. The van der Waals surface area contributed by atoms with Gasteiger partial charge in [0.05, 0.1) is 24.0 Å². The summed E-state index contributed by atoms with van der Waals surface area (Å²) in [4.78, 5) is 7.57. The molecule has 0 unspecified atom stereocenters. The second kappa shape index (κ2) is 4.35. The molecule has 2 aromatic heterocycles. The molecule has 0 aromatic carbocycles. The number of aromatic nitrogens is 3. The lowest BCUT2D eigenvalue weighted by molar-refractivity contribution is -0.137.